The van der Waals surface area contributed by atoms with Gasteiger partial charge in [-0.15, -0.1) is 24.8 Å². The highest BCUT2D eigenvalue weighted by atomic mass is 35.5. The minimum atomic E-state index is 0. The van der Waals surface area contributed by atoms with Gasteiger partial charge in [-0.25, -0.2) is 0 Å². The SMILES string of the molecule is CCc1ccc(C(CNC(=O)C[C@@H]2CCC[C@H]2N)N(C)C)cc1.Cl.Cl. The zero-order chi connectivity index (χ0) is 16.8. The minimum absolute atomic E-state index is 0. The molecule has 1 amide bonds. The molecular formula is C19H33Cl2N3O. The van der Waals surface area contributed by atoms with E-state index in [4.69, 9.17) is 5.73 Å². The molecule has 0 aliphatic heterocycles. The second-order valence-electron chi connectivity index (χ2n) is 6.94. The number of benzene rings is 1. The molecule has 144 valence electrons. The van der Waals surface area contributed by atoms with Crippen LogP contribution in [0, 0.1) is 5.92 Å². The quantitative estimate of drug-likeness (QED) is 0.751. The largest absolute Gasteiger partial charge is 0.354 e. The number of amides is 1. The van der Waals surface area contributed by atoms with E-state index in [2.05, 4.69) is 55.5 Å². The first kappa shape index (κ1) is 24.2. The van der Waals surface area contributed by atoms with E-state index in [0.717, 1.165) is 25.7 Å². The molecule has 1 aliphatic carbocycles. The Morgan fingerprint density at radius 3 is 2.36 bits per heavy atom. The van der Waals surface area contributed by atoms with Crippen LogP contribution in [0.2, 0.25) is 0 Å². The van der Waals surface area contributed by atoms with Crippen molar-refractivity contribution in [3.8, 4) is 0 Å². The Labute approximate surface area is 164 Å². The summed E-state index contributed by atoms with van der Waals surface area (Å²) in [5, 5.41) is 3.10. The number of nitrogens with two attached hydrogens (primary N) is 1. The second kappa shape index (κ2) is 11.7. The fourth-order valence-corrected chi connectivity index (χ4v) is 3.41. The van der Waals surface area contributed by atoms with Crippen LogP contribution >= 0.6 is 24.8 Å². The molecule has 0 spiro atoms. The highest BCUT2D eigenvalue weighted by Crippen LogP contribution is 2.26. The Hall–Kier alpha value is -0.810. The minimum Gasteiger partial charge on any atom is -0.354 e. The Bertz CT molecular complexity index is 508. The summed E-state index contributed by atoms with van der Waals surface area (Å²) in [6.45, 7) is 2.80. The van der Waals surface area contributed by atoms with Crippen molar-refractivity contribution in [1.82, 2.24) is 10.2 Å². The molecule has 0 aromatic heterocycles. The Kier molecular flexibility index (Phi) is 11.4. The van der Waals surface area contributed by atoms with Gasteiger partial charge in [0.1, 0.15) is 0 Å². The first-order valence-corrected chi connectivity index (χ1v) is 8.78. The number of halogens is 2. The zero-order valence-corrected chi connectivity index (χ0v) is 17.2. The van der Waals surface area contributed by atoms with Crippen molar-refractivity contribution in [2.75, 3.05) is 20.6 Å². The molecule has 0 radical (unpaired) electrons. The Morgan fingerprint density at radius 2 is 1.88 bits per heavy atom. The second-order valence-corrected chi connectivity index (χ2v) is 6.94. The van der Waals surface area contributed by atoms with E-state index >= 15 is 0 Å². The van der Waals surface area contributed by atoms with Crippen LogP contribution in [0.4, 0.5) is 0 Å². The van der Waals surface area contributed by atoms with Gasteiger partial charge in [-0.3, -0.25) is 4.79 Å². The summed E-state index contributed by atoms with van der Waals surface area (Å²) < 4.78 is 0. The summed E-state index contributed by atoms with van der Waals surface area (Å²) >= 11 is 0. The summed E-state index contributed by atoms with van der Waals surface area (Å²) in [6.07, 6.45) is 4.91. The summed E-state index contributed by atoms with van der Waals surface area (Å²) in [5.74, 6) is 0.487. The standard InChI is InChI=1S/C19H31N3O.2ClH/c1-4-14-8-10-15(11-9-14)18(22(2)3)13-21-19(23)12-16-6-5-7-17(16)20;;/h8-11,16-18H,4-7,12-13,20H2,1-3H3,(H,21,23);2*1H/t16-,17+,18?;;/m0../s1. The average molecular weight is 390 g/mol. The Morgan fingerprint density at radius 1 is 1.24 bits per heavy atom. The van der Waals surface area contributed by atoms with Crippen LogP contribution < -0.4 is 11.1 Å². The number of likely N-dealkylation sites (N-methyl/N-ethyl adjacent to an activating group) is 1. The number of aryl methyl sites for hydroxylation is 1. The van der Waals surface area contributed by atoms with Crippen molar-refractivity contribution in [2.24, 2.45) is 11.7 Å². The van der Waals surface area contributed by atoms with Crippen LogP contribution in [0.25, 0.3) is 0 Å². The van der Waals surface area contributed by atoms with Gasteiger partial charge in [-0.05, 0) is 50.4 Å². The first-order valence-electron chi connectivity index (χ1n) is 8.78. The van der Waals surface area contributed by atoms with Crippen LogP contribution in [-0.2, 0) is 11.2 Å². The van der Waals surface area contributed by atoms with Gasteiger partial charge >= 0.3 is 0 Å². The predicted molar refractivity (Wildman–Crippen MR) is 110 cm³/mol. The third-order valence-corrected chi connectivity index (χ3v) is 5.05. The lowest BCUT2D eigenvalue weighted by molar-refractivity contribution is -0.122. The molecule has 0 bridgehead atoms. The lowest BCUT2D eigenvalue weighted by Crippen LogP contribution is -2.36. The molecule has 1 aliphatic rings. The summed E-state index contributed by atoms with van der Waals surface area (Å²) in [4.78, 5) is 14.4. The molecule has 1 aromatic rings. The molecular weight excluding hydrogens is 357 g/mol. The van der Waals surface area contributed by atoms with E-state index in [1.165, 1.54) is 11.1 Å². The monoisotopic (exact) mass is 389 g/mol. The first-order chi connectivity index (χ1) is 11.0. The summed E-state index contributed by atoms with van der Waals surface area (Å²) in [6, 6.07) is 9.08. The van der Waals surface area contributed by atoms with Crippen molar-refractivity contribution in [1.29, 1.82) is 0 Å². The molecule has 2 rings (SSSR count). The predicted octanol–water partition coefficient (Wildman–Crippen LogP) is 3.33. The lowest BCUT2D eigenvalue weighted by Gasteiger charge is -2.26. The van der Waals surface area contributed by atoms with E-state index in [-0.39, 0.29) is 42.8 Å². The fourth-order valence-electron chi connectivity index (χ4n) is 3.41. The lowest BCUT2D eigenvalue weighted by atomic mass is 9.99. The molecule has 0 heterocycles. The smallest absolute Gasteiger partial charge is 0.220 e. The number of nitrogens with one attached hydrogen (secondary N) is 1. The van der Waals surface area contributed by atoms with Crippen LogP contribution in [0.5, 0.6) is 0 Å². The van der Waals surface area contributed by atoms with Gasteiger partial charge < -0.3 is 16.0 Å². The number of nitrogens with zero attached hydrogens (tertiary/aromatic N) is 1. The topological polar surface area (TPSA) is 58.4 Å². The van der Waals surface area contributed by atoms with Crippen molar-refractivity contribution in [3.05, 3.63) is 35.4 Å². The molecule has 3 atom stereocenters. The van der Waals surface area contributed by atoms with Gasteiger partial charge in [-0.2, -0.15) is 0 Å². The fraction of sp³-hybridized carbons (Fsp3) is 0.632. The van der Waals surface area contributed by atoms with Crippen LogP contribution in [0.15, 0.2) is 24.3 Å². The van der Waals surface area contributed by atoms with Gasteiger partial charge in [0.15, 0.2) is 0 Å². The van der Waals surface area contributed by atoms with E-state index in [0.29, 0.717) is 18.9 Å². The van der Waals surface area contributed by atoms with Crippen molar-refractivity contribution in [2.45, 2.75) is 51.1 Å². The number of hydrogen-bond donors (Lipinski definition) is 2. The van der Waals surface area contributed by atoms with Crippen LogP contribution in [0.1, 0.15) is 49.8 Å². The third kappa shape index (κ3) is 7.14. The number of hydrogen-bond acceptors (Lipinski definition) is 3. The summed E-state index contributed by atoms with van der Waals surface area (Å²) in [7, 11) is 4.11. The normalized spacial score (nSPS) is 20.5. The number of carbonyl (C=O) groups excluding carboxylic acids is 1. The molecule has 1 aromatic carbocycles. The highest BCUT2D eigenvalue weighted by molar-refractivity contribution is 5.85. The zero-order valence-electron chi connectivity index (χ0n) is 15.5. The Balaban J connectivity index is 0.00000288. The number of rotatable bonds is 7. The summed E-state index contributed by atoms with van der Waals surface area (Å²) in [5.41, 5.74) is 8.64. The van der Waals surface area contributed by atoms with Gasteiger partial charge in [0.2, 0.25) is 5.91 Å². The van der Waals surface area contributed by atoms with Gasteiger partial charge in [-0.1, -0.05) is 37.6 Å². The highest BCUT2D eigenvalue weighted by Gasteiger charge is 2.26. The van der Waals surface area contributed by atoms with Gasteiger partial charge in [0.25, 0.3) is 0 Å². The maximum absolute atomic E-state index is 12.2. The molecule has 6 heteroatoms. The van der Waals surface area contributed by atoms with E-state index in [1.807, 2.05) is 0 Å². The third-order valence-electron chi connectivity index (χ3n) is 5.05. The van der Waals surface area contributed by atoms with E-state index < -0.39 is 0 Å². The van der Waals surface area contributed by atoms with E-state index in [1.54, 1.807) is 0 Å². The van der Waals surface area contributed by atoms with E-state index in [9.17, 15) is 4.79 Å². The average Bonchev–Trinajstić information content (AvgIpc) is 2.93. The van der Waals surface area contributed by atoms with Gasteiger partial charge in [0, 0.05) is 19.0 Å². The molecule has 0 saturated heterocycles. The van der Waals surface area contributed by atoms with Gasteiger partial charge in [0.05, 0.1) is 6.04 Å². The number of carbonyl (C=O) groups is 1. The van der Waals surface area contributed by atoms with Crippen LogP contribution in [-0.4, -0.2) is 37.5 Å². The van der Waals surface area contributed by atoms with Crippen LogP contribution in [0.3, 0.4) is 0 Å². The molecule has 1 fully saturated rings. The van der Waals surface area contributed by atoms with Crippen molar-refractivity contribution >= 4 is 30.7 Å². The maximum atomic E-state index is 12.2. The van der Waals surface area contributed by atoms with Crippen molar-refractivity contribution < 1.29 is 4.79 Å². The molecule has 1 saturated carbocycles. The molecule has 3 N–H and O–H groups in total. The van der Waals surface area contributed by atoms with Crippen molar-refractivity contribution in [3.63, 3.8) is 0 Å². The molecule has 4 nitrogen and oxygen atoms in total. The maximum Gasteiger partial charge on any atom is 0.220 e. The molecule has 25 heavy (non-hydrogen) atoms. The molecule has 1 unspecified atom stereocenters.